The first-order valence-corrected chi connectivity index (χ1v) is 4.20. The average molecular weight is 207 g/mol. The predicted octanol–water partition coefficient (Wildman–Crippen LogP) is 1.88. The van der Waals surface area contributed by atoms with Gasteiger partial charge in [-0.25, -0.2) is 0 Å². The molecule has 0 spiro atoms. The molecule has 1 aromatic heterocycles. The van der Waals surface area contributed by atoms with E-state index in [0.717, 1.165) is 5.56 Å². The van der Waals surface area contributed by atoms with Crippen molar-refractivity contribution in [3.63, 3.8) is 0 Å². The second-order valence-corrected chi connectivity index (χ2v) is 3.24. The van der Waals surface area contributed by atoms with Crippen LogP contribution in [0.3, 0.4) is 0 Å². The Morgan fingerprint density at radius 2 is 2.17 bits per heavy atom. The van der Waals surface area contributed by atoms with Crippen molar-refractivity contribution < 1.29 is 5.11 Å². The first-order valence-electron chi connectivity index (χ1n) is 3.44. The van der Waals surface area contributed by atoms with E-state index in [1.807, 2.05) is 6.92 Å². The van der Waals surface area contributed by atoms with E-state index in [4.69, 9.17) is 28.3 Å². The van der Waals surface area contributed by atoms with E-state index in [2.05, 4.69) is 10.2 Å². The van der Waals surface area contributed by atoms with Gasteiger partial charge in [0.15, 0.2) is 10.3 Å². The Bertz CT molecular complexity index is 280. The molecule has 1 heterocycles. The summed E-state index contributed by atoms with van der Waals surface area (Å²) in [5.74, 6) is -0.0644. The van der Waals surface area contributed by atoms with Gasteiger partial charge in [-0.2, -0.15) is 0 Å². The van der Waals surface area contributed by atoms with Crippen LogP contribution in [0.15, 0.2) is 6.07 Å². The van der Waals surface area contributed by atoms with Crippen molar-refractivity contribution in [3.05, 3.63) is 21.9 Å². The SMILES string of the molecule is CC(CO)c1cc(Cl)nnc1Cl. The lowest BCUT2D eigenvalue weighted by atomic mass is 10.1. The molecule has 1 N–H and O–H groups in total. The summed E-state index contributed by atoms with van der Waals surface area (Å²) in [6.07, 6.45) is 0. The zero-order valence-electron chi connectivity index (χ0n) is 6.46. The zero-order valence-corrected chi connectivity index (χ0v) is 7.97. The molecule has 1 atom stereocenters. The van der Waals surface area contributed by atoms with Gasteiger partial charge in [0.2, 0.25) is 0 Å². The molecule has 3 nitrogen and oxygen atoms in total. The van der Waals surface area contributed by atoms with E-state index in [-0.39, 0.29) is 17.7 Å². The van der Waals surface area contributed by atoms with Crippen LogP contribution >= 0.6 is 23.2 Å². The monoisotopic (exact) mass is 206 g/mol. The van der Waals surface area contributed by atoms with Crippen LogP contribution in [0.5, 0.6) is 0 Å². The molecule has 0 amide bonds. The first-order chi connectivity index (χ1) is 5.65. The van der Waals surface area contributed by atoms with Gasteiger partial charge in [0.1, 0.15) is 0 Å². The van der Waals surface area contributed by atoms with Crippen LogP contribution < -0.4 is 0 Å². The van der Waals surface area contributed by atoms with E-state index in [1.165, 1.54) is 0 Å². The third kappa shape index (κ3) is 2.06. The maximum atomic E-state index is 8.85. The van der Waals surface area contributed by atoms with Gasteiger partial charge in [0, 0.05) is 12.5 Å². The highest BCUT2D eigenvalue weighted by Gasteiger charge is 2.10. The fraction of sp³-hybridized carbons (Fsp3) is 0.429. The van der Waals surface area contributed by atoms with Gasteiger partial charge in [-0.1, -0.05) is 30.1 Å². The summed E-state index contributed by atoms with van der Waals surface area (Å²) in [5, 5.41) is 16.6. The lowest BCUT2D eigenvalue weighted by Crippen LogP contribution is -2.01. The highest BCUT2D eigenvalue weighted by atomic mass is 35.5. The molecule has 1 rings (SSSR count). The normalized spacial score (nSPS) is 13.0. The van der Waals surface area contributed by atoms with E-state index >= 15 is 0 Å². The molecule has 1 unspecified atom stereocenters. The molecule has 0 saturated heterocycles. The van der Waals surface area contributed by atoms with Crippen LogP contribution in [0.25, 0.3) is 0 Å². The number of nitrogens with zero attached hydrogens (tertiary/aromatic N) is 2. The Morgan fingerprint density at radius 1 is 1.50 bits per heavy atom. The van der Waals surface area contributed by atoms with Crippen molar-refractivity contribution in [1.82, 2.24) is 10.2 Å². The van der Waals surface area contributed by atoms with Gasteiger partial charge in [0.05, 0.1) is 0 Å². The standard InChI is InChI=1S/C7H8Cl2N2O/c1-4(3-12)5-2-6(8)10-11-7(5)9/h2,4,12H,3H2,1H3. The number of aliphatic hydroxyl groups excluding tert-OH is 1. The fourth-order valence-corrected chi connectivity index (χ4v) is 1.24. The third-order valence-corrected chi connectivity index (χ3v) is 2.03. The minimum Gasteiger partial charge on any atom is -0.396 e. The molecule has 0 fully saturated rings. The van der Waals surface area contributed by atoms with E-state index in [1.54, 1.807) is 6.07 Å². The molecule has 66 valence electrons. The smallest absolute Gasteiger partial charge is 0.155 e. The second-order valence-electron chi connectivity index (χ2n) is 2.50. The summed E-state index contributed by atoms with van der Waals surface area (Å²) in [7, 11) is 0. The molecule has 0 aliphatic rings. The van der Waals surface area contributed by atoms with Gasteiger partial charge in [-0.3, -0.25) is 0 Å². The van der Waals surface area contributed by atoms with Crippen molar-refractivity contribution in [2.24, 2.45) is 0 Å². The first kappa shape index (κ1) is 9.71. The van der Waals surface area contributed by atoms with Crippen molar-refractivity contribution in [2.45, 2.75) is 12.8 Å². The fourth-order valence-electron chi connectivity index (χ4n) is 0.810. The summed E-state index contributed by atoms with van der Waals surface area (Å²) in [4.78, 5) is 0. The summed E-state index contributed by atoms with van der Waals surface area (Å²) < 4.78 is 0. The summed E-state index contributed by atoms with van der Waals surface area (Å²) >= 11 is 11.3. The van der Waals surface area contributed by atoms with E-state index in [9.17, 15) is 0 Å². The molecule has 0 aliphatic heterocycles. The Kier molecular flexibility index (Phi) is 3.26. The molecule has 0 aliphatic carbocycles. The number of hydrogen-bond donors (Lipinski definition) is 1. The van der Waals surface area contributed by atoms with Crippen LogP contribution in [-0.4, -0.2) is 21.9 Å². The van der Waals surface area contributed by atoms with E-state index in [0.29, 0.717) is 5.15 Å². The maximum absolute atomic E-state index is 8.85. The number of hydrogen-bond acceptors (Lipinski definition) is 3. The molecular weight excluding hydrogens is 199 g/mol. The number of aliphatic hydroxyl groups is 1. The molecule has 0 radical (unpaired) electrons. The highest BCUT2D eigenvalue weighted by Crippen LogP contribution is 2.23. The van der Waals surface area contributed by atoms with Crippen LogP contribution in [0.4, 0.5) is 0 Å². The van der Waals surface area contributed by atoms with Crippen LogP contribution in [0, 0.1) is 0 Å². The van der Waals surface area contributed by atoms with Crippen molar-refractivity contribution >= 4 is 23.2 Å². The van der Waals surface area contributed by atoms with Crippen LogP contribution in [0.1, 0.15) is 18.4 Å². The van der Waals surface area contributed by atoms with Crippen molar-refractivity contribution in [3.8, 4) is 0 Å². The quantitative estimate of drug-likeness (QED) is 0.805. The number of aromatic nitrogens is 2. The largest absolute Gasteiger partial charge is 0.396 e. The van der Waals surface area contributed by atoms with Gasteiger partial charge in [0.25, 0.3) is 0 Å². The molecule has 1 aromatic rings. The zero-order chi connectivity index (χ0) is 9.14. The Hall–Kier alpha value is -0.380. The second kappa shape index (κ2) is 4.03. The Morgan fingerprint density at radius 3 is 2.75 bits per heavy atom. The summed E-state index contributed by atoms with van der Waals surface area (Å²) in [5.41, 5.74) is 0.721. The molecule has 12 heavy (non-hydrogen) atoms. The molecular formula is C7H8Cl2N2O. The van der Waals surface area contributed by atoms with Crippen LogP contribution in [-0.2, 0) is 0 Å². The van der Waals surface area contributed by atoms with Gasteiger partial charge in [-0.05, 0) is 11.6 Å². The van der Waals surface area contributed by atoms with E-state index < -0.39 is 0 Å². The van der Waals surface area contributed by atoms with Gasteiger partial charge < -0.3 is 5.11 Å². The summed E-state index contributed by atoms with van der Waals surface area (Å²) in [6.45, 7) is 1.85. The topological polar surface area (TPSA) is 46.0 Å². The van der Waals surface area contributed by atoms with Gasteiger partial charge >= 0.3 is 0 Å². The average Bonchev–Trinajstić information content (AvgIpc) is 2.08. The highest BCUT2D eigenvalue weighted by molar-refractivity contribution is 6.31. The minimum absolute atomic E-state index is 0.0156. The number of halogens is 2. The lowest BCUT2D eigenvalue weighted by molar-refractivity contribution is 0.273. The van der Waals surface area contributed by atoms with Gasteiger partial charge in [-0.15, -0.1) is 10.2 Å². The Labute approximate surface area is 80.3 Å². The number of rotatable bonds is 2. The molecule has 0 bridgehead atoms. The van der Waals surface area contributed by atoms with Crippen molar-refractivity contribution in [2.75, 3.05) is 6.61 Å². The minimum atomic E-state index is -0.0644. The predicted molar refractivity (Wildman–Crippen MR) is 47.6 cm³/mol. The third-order valence-electron chi connectivity index (χ3n) is 1.55. The molecule has 0 aromatic carbocycles. The lowest BCUT2D eigenvalue weighted by Gasteiger charge is -2.08. The Balaban J connectivity index is 3.04. The molecule has 5 heteroatoms. The van der Waals surface area contributed by atoms with Crippen LogP contribution in [0.2, 0.25) is 10.3 Å². The summed E-state index contributed by atoms with van der Waals surface area (Å²) in [6, 6.07) is 1.61. The molecule has 0 saturated carbocycles. The maximum Gasteiger partial charge on any atom is 0.155 e. The van der Waals surface area contributed by atoms with Crippen molar-refractivity contribution in [1.29, 1.82) is 0 Å².